The van der Waals surface area contributed by atoms with Crippen molar-refractivity contribution in [2.45, 2.75) is 12.8 Å². The summed E-state index contributed by atoms with van der Waals surface area (Å²) in [6.07, 6.45) is 6.62. The molecule has 0 fully saturated rings. The van der Waals surface area contributed by atoms with Crippen molar-refractivity contribution in [2.24, 2.45) is 0 Å². The third-order valence-corrected chi connectivity index (χ3v) is 11.2. The van der Waals surface area contributed by atoms with E-state index in [1.54, 1.807) is 0 Å². The van der Waals surface area contributed by atoms with Gasteiger partial charge in [0.05, 0.1) is 28.1 Å². The predicted molar refractivity (Wildman–Crippen MR) is 211 cm³/mol. The Hall–Kier alpha value is -5.90. The highest BCUT2D eigenvalue weighted by atomic mass is 32.1. The second-order valence-corrected chi connectivity index (χ2v) is 13.9. The Bertz CT molecular complexity index is 2730. The lowest BCUT2D eigenvalue weighted by Crippen LogP contribution is -2.21. The van der Waals surface area contributed by atoms with Gasteiger partial charge in [0.25, 0.3) is 0 Å². The average molecular weight is 645 g/mol. The van der Waals surface area contributed by atoms with Crippen LogP contribution in [0.3, 0.4) is 0 Å². The molecule has 49 heavy (non-hydrogen) atoms. The van der Waals surface area contributed by atoms with Crippen molar-refractivity contribution in [3.05, 3.63) is 181 Å². The minimum absolute atomic E-state index is 0.930. The molecule has 7 aromatic carbocycles. The van der Waals surface area contributed by atoms with Gasteiger partial charge in [-0.05, 0) is 72.3 Å². The zero-order valence-corrected chi connectivity index (χ0v) is 27.7. The Morgan fingerprint density at radius 3 is 1.98 bits per heavy atom. The van der Waals surface area contributed by atoms with Crippen LogP contribution in [0.1, 0.15) is 18.4 Å². The number of aromatic nitrogens is 1. The van der Waals surface area contributed by atoms with Crippen LogP contribution in [0.2, 0.25) is 0 Å². The van der Waals surface area contributed by atoms with E-state index < -0.39 is 0 Å². The molecule has 0 radical (unpaired) electrons. The molecular formula is C46H32N2S. The predicted octanol–water partition coefficient (Wildman–Crippen LogP) is 13.2. The first-order valence-electron chi connectivity index (χ1n) is 17.0. The molecule has 0 saturated heterocycles. The molecule has 0 bridgehead atoms. The summed E-state index contributed by atoms with van der Waals surface area (Å²) in [6.45, 7) is 0. The number of thiophene rings is 1. The van der Waals surface area contributed by atoms with E-state index in [9.17, 15) is 0 Å². The zero-order chi connectivity index (χ0) is 32.3. The second kappa shape index (κ2) is 11.4. The molecule has 10 rings (SSSR count). The van der Waals surface area contributed by atoms with E-state index >= 15 is 0 Å². The fraction of sp³-hybridized carbons (Fsp3) is 0.0435. The number of benzene rings is 7. The van der Waals surface area contributed by atoms with Gasteiger partial charge in [-0.2, -0.15) is 0 Å². The van der Waals surface area contributed by atoms with Gasteiger partial charge in [0, 0.05) is 47.6 Å². The number of para-hydroxylation sites is 4. The fourth-order valence-corrected chi connectivity index (χ4v) is 8.98. The Balaban J connectivity index is 1.29. The molecule has 3 heteroatoms. The van der Waals surface area contributed by atoms with Crippen LogP contribution in [0.15, 0.2) is 176 Å². The van der Waals surface area contributed by atoms with Crippen molar-refractivity contribution in [1.82, 2.24) is 4.57 Å². The molecule has 2 aromatic heterocycles. The van der Waals surface area contributed by atoms with Gasteiger partial charge >= 0.3 is 0 Å². The summed E-state index contributed by atoms with van der Waals surface area (Å²) in [4.78, 5) is 2.57. The van der Waals surface area contributed by atoms with Crippen LogP contribution in [0.4, 0.5) is 11.4 Å². The molecule has 0 unspecified atom stereocenters. The van der Waals surface area contributed by atoms with Gasteiger partial charge in [0.2, 0.25) is 0 Å². The Morgan fingerprint density at radius 2 is 1.14 bits per heavy atom. The summed E-state index contributed by atoms with van der Waals surface area (Å²) in [6, 6.07) is 57.9. The molecule has 1 aliphatic carbocycles. The topological polar surface area (TPSA) is 8.17 Å². The van der Waals surface area contributed by atoms with Crippen LogP contribution in [-0.2, 0) is 0 Å². The third-order valence-electron chi connectivity index (χ3n) is 10.1. The maximum atomic E-state index is 2.57. The number of rotatable bonds is 5. The number of hydrogen-bond acceptors (Lipinski definition) is 2. The van der Waals surface area contributed by atoms with E-state index in [-0.39, 0.29) is 0 Å². The second-order valence-electron chi connectivity index (χ2n) is 12.8. The molecule has 0 saturated carbocycles. The molecule has 9 aromatic rings. The number of hydrogen-bond donors (Lipinski definition) is 0. The van der Waals surface area contributed by atoms with Crippen LogP contribution in [0.25, 0.3) is 64.0 Å². The highest BCUT2D eigenvalue weighted by molar-refractivity contribution is 7.25. The first-order valence-corrected chi connectivity index (χ1v) is 17.8. The van der Waals surface area contributed by atoms with Crippen molar-refractivity contribution in [3.63, 3.8) is 0 Å². The summed E-state index contributed by atoms with van der Waals surface area (Å²) in [5.41, 5.74) is 9.77. The van der Waals surface area contributed by atoms with Gasteiger partial charge in [-0.3, -0.25) is 0 Å². The van der Waals surface area contributed by atoms with Gasteiger partial charge in [-0.25, -0.2) is 0 Å². The minimum Gasteiger partial charge on any atom is -0.311 e. The third kappa shape index (κ3) is 4.47. The van der Waals surface area contributed by atoms with Crippen molar-refractivity contribution >= 4 is 81.0 Å². The molecule has 232 valence electrons. The molecule has 0 amide bonds. The van der Waals surface area contributed by atoms with E-state index in [2.05, 4.69) is 179 Å². The lowest BCUT2D eigenvalue weighted by Gasteiger charge is -2.34. The number of nitrogens with zero attached hydrogens (tertiary/aromatic N) is 2. The molecular weight excluding hydrogens is 613 g/mol. The highest BCUT2D eigenvalue weighted by Gasteiger charge is 2.26. The Labute approximate surface area is 289 Å². The van der Waals surface area contributed by atoms with Crippen LogP contribution < -0.4 is 4.90 Å². The molecule has 0 atom stereocenters. The number of anilines is 2. The molecule has 0 spiro atoms. The van der Waals surface area contributed by atoms with Crippen molar-refractivity contribution in [3.8, 4) is 5.69 Å². The van der Waals surface area contributed by atoms with E-state index in [4.69, 9.17) is 0 Å². The lowest BCUT2D eigenvalue weighted by molar-refractivity contribution is 0.922. The normalized spacial score (nSPS) is 13.4. The monoisotopic (exact) mass is 644 g/mol. The summed E-state index contributed by atoms with van der Waals surface area (Å²) in [5.74, 6) is 0. The SMILES string of the molecule is C1=CC(c2ccc3sc4ccccc4c3c2)=C(N(c2ccccc2-n2c3ccccc3c3ccccc32)c2cccc3ccccc23)CC1. The van der Waals surface area contributed by atoms with E-state index in [0.717, 1.165) is 24.2 Å². The molecule has 0 N–H and O–H groups in total. The molecule has 1 aliphatic rings. The molecule has 2 heterocycles. The van der Waals surface area contributed by atoms with E-state index in [1.165, 1.54) is 75.3 Å². The van der Waals surface area contributed by atoms with E-state index in [1.807, 2.05) is 11.3 Å². The summed E-state index contributed by atoms with van der Waals surface area (Å²) in [5, 5.41) is 7.66. The van der Waals surface area contributed by atoms with Crippen molar-refractivity contribution < 1.29 is 0 Å². The zero-order valence-electron chi connectivity index (χ0n) is 26.9. The van der Waals surface area contributed by atoms with Crippen LogP contribution >= 0.6 is 11.3 Å². The van der Waals surface area contributed by atoms with Gasteiger partial charge in [-0.15, -0.1) is 11.3 Å². The Kier molecular flexibility index (Phi) is 6.53. The molecule has 2 nitrogen and oxygen atoms in total. The minimum atomic E-state index is 0.930. The largest absolute Gasteiger partial charge is 0.311 e. The van der Waals surface area contributed by atoms with Gasteiger partial charge in [0.15, 0.2) is 0 Å². The van der Waals surface area contributed by atoms with Gasteiger partial charge in [0.1, 0.15) is 0 Å². The van der Waals surface area contributed by atoms with Crippen LogP contribution in [0.5, 0.6) is 0 Å². The maximum Gasteiger partial charge on any atom is 0.0702 e. The first kappa shape index (κ1) is 28.1. The number of allylic oxidation sites excluding steroid dienone is 4. The standard InChI is InChI=1S/C46H32N2S/c1-2-16-33-31(14-1)15-13-26-40(33)47(39-21-7-3-17-34(39)32-28-29-46-38(30-32)37-20-6-12-27-45(37)49-46)43-24-10-11-25-44(43)48-41-22-8-4-18-35(41)36-19-5-9-23-42(36)48/h1-6,8-20,22-30H,7,21H2. The fourth-order valence-electron chi connectivity index (χ4n) is 7.89. The van der Waals surface area contributed by atoms with E-state index in [0.29, 0.717) is 0 Å². The Morgan fingerprint density at radius 1 is 0.510 bits per heavy atom. The highest BCUT2D eigenvalue weighted by Crippen LogP contribution is 2.46. The summed E-state index contributed by atoms with van der Waals surface area (Å²) in [7, 11) is 0. The molecule has 0 aliphatic heterocycles. The first-order chi connectivity index (χ1) is 24.3. The number of fused-ring (bicyclic) bond motifs is 7. The average Bonchev–Trinajstić information content (AvgIpc) is 3.71. The smallest absolute Gasteiger partial charge is 0.0702 e. The van der Waals surface area contributed by atoms with Crippen LogP contribution in [0, 0.1) is 0 Å². The van der Waals surface area contributed by atoms with Crippen molar-refractivity contribution in [2.75, 3.05) is 4.90 Å². The quantitative estimate of drug-likeness (QED) is 0.181. The van der Waals surface area contributed by atoms with Gasteiger partial charge in [-0.1, -0.05) is 121 Å². The van der Waals surface area contributed by atoms with Crippen molar-refractivity contribution in [1.29, 1.82) is 0 Å². The maximum absolute atomic E-state index is 2.57. The van der Waals surface area contributed by atoms with Gasteiger partial charge < -0.3 is 9.47 Å². The van der Waals surface area contributed by atoms with Crippen LogP contribution in [-0.4, -0.2) is 4.57 Å². The summed E-state index contributed by atoms with van der Waals surface area (Å²) >= 11 is 1.87. The lowest BCUT2D eigenvalue weighted by atomic mass is 9.93. The summed E-state index contributed by atoms with van der Waals surface area (Å²) < 4.78 is 5.12.